The number of hydrogen-bond donors (Lipinski definition) is 2. The summed E-state index contributed by atoms with van der Waals surface area (Å²) in [6.45, 7) is 0.892. The molecule has 33 heavy (non-hydrogen) atoms. The molecule has 2 heterocycles. The van der Waals surface area contributed by atoms with Crippen LogP contribution in [-0.2, 0) is 14.8 Å². The van der Waals surface area contributed by atoms with E-state index in [4.69, 9.17) is 5.14 Å². The molecule has 3 N–H and O–H groups in total. The van der Waals surface area contributed by atoms with Crippen molar-refractivity contribution in [3.05, 3.63) is 72.6 Å². The van der Waals surface area contributed by atoms with Crippen molar-refractivity contribution in [1.82, 2.24) is 14.9 Å². The molecule has 0 bridgehead atoms. The van der Waals surface area contributed by atoms with E-state index in [2.05, 4.69) is 15.3 Å². The van der Waals surface area contributed by atoms with E-state index in [0.29, 0.717) is 43.0 Å². The van der Waals surface area contributed by atoms with Crippen molar-refractivity contribution in [1.29, 1.82) is 0 Å². The highest BCUT2D eigenvalue weighted by atomic mass is 32.2. The average molecular weight is 466 g/mol. The van der Waals surface area contributed by atoms with Gasteiger partial charge >= 0.3 is 0 Å². The van der Waals surface area contributed by atoms with E-state index in [9.17, 15) is 18.0 Å². The molecule has 0 spiro atoms. The van der Waals surface area contributed by atoms with Crippen molar-refractivity contribution in [2.24, 2.45) is 11.1 Å². The largest absolute Gasteiger partial charge is 0.339 e. The average Bonchev–Trinajstić information content (AvgIpc) is 2.84. The van der Waals surface area contributed by atoms with Crippen LogP contribution in [0.15, 0.2) is 71.9 Å². The molecule has 9 nitrogen and oxygen atoms in total. The lowest BCUT2D eigenvalue weighted by molar-refractivity contribution is -0.121. The minimum Gasteiger partial charge on any atom is -0.339 e. The quantitative estimate of drug-likeness (QED) is 0.593. The van der Waals surface area contributed by atoms with E-state index < -0.39 is 10.0 Å². The number of carbonyl (C=O) groups excluding carboxylic acids is 2. The van der Waals surface area contributed by atoms with Gasteiger partial charge in [-0.2, -0.15) is 0 Å². The zero-order valence-electron chi connectivity index (χ0n) is 17.7. The third kappa shape index (κ3) is 5.41. The van der Waals surface area contributed by atoms with Gasteiger partial charge in [0.05, 0.1) is 10.5 Å². The fraction of sp³-hybridized carbons (Fsp3) is 0.217. The maximum absolute atomic E-state index is 12.8. The maximum atomic E-state index is 12.8. The van der Waals surface area contributed by atoms with Crippen LogP contribution in [0.2, 0.25) is 0 Å². The van der Waals surface area contributed by atoms with Gasteiger partial charge < -0.3 is 10.2 Å². The fourth-order valence-electron chi connectivity index (χ4n) is 3.67. The highest BCUT2D eigenvalue weighted by Gasteiger charge is 2.28. The van der Waals surface area contributed by atoms with Crippen LogP contribution in [0.3, 0.4) is 0 Å². The number of nitrogens with two attached hydrogens (primary N) is 1. The minimum absolute atomic E-state index is 0.0203. The normalized spacial score (nSPS) is 14.6. The Morgan fingerprint density at radius 3 is 2.12 bits per heavy atom. The molecule has 1 saturated heterocycles. The van der Waals surface area contributed by atoms with Crippen LogP contribution >= 0.6 is 0 Å². The molecule has 2 aromatic carbocycles. The van der Waals surface area contributed by atoms with Crippen molar-refractivity contribution < 1.29 is 18.0 Å². The molecule has 4 rings (SSSR count). The number of aromatic nitrogens is 2. The molecule has 3 aromatic rings. The summed E-state index contributed by atoms with van der Waals surface area (Å²) >= 11 is 0. The lowest BCUT2D eigenvalue weighted by Crippen LogP contribution is -2.41. The van der Waals surface area contributed by atoms with Crippen LogP contribution in [0.25, 0.3) is 11.4 Å². The molecule has 0 radical (unpaired) electrons. The first-order chi connectivity index (χ1) is 15.8. The summed E-state index contributed by atoms with van der Waals surface area (Å²) in [5.41, 5.74) is 1.77. The van der Waals surface area contributed by atoms with Gasteiger partial charge in [-0.05, 0) is 37.1 Å². The second-order valence-electron chi connectivity index (χ2n) is 7.79. The highest BCUT2D eigenvalue weighted by Crippen LogP contribution is 2.22. The fourth-order valence-corrected chi connectivity index (χ4v) is 4.19. The van der Waals surface area contributed by atoms with E-state index in [-0.39, 0.29) is 22.6 Å². The van der Waals surface area contributed by atoms with Crippen LogP contribution in [0.1, 0.15) is 23.2 Å². The molecular formula is C23H23N5O4S. The zero-order chi connectivity index (χ0) is 23.4. The summed E-state index contributed by atoms with van der Waals surface area (Å²) in [6, 6.07) is 15.2. The molecule has 0 atom stereocenters. The number of hydrogen-bond acceptors (Lipinski definition) is 6. The molecule has 1 aromatic heterocycles. The van der Waals surface area contributed by atoms with Crippen LogP contribution in [0, 0.1) is 5.92 Å². The Morgan fingerprint density at radius 2 is 1.55 bits per heavy atom. The summed E-state index contributed by atoms with van der Waals surface area (Å²) in [4.78, 5) is 35.7. The predicted molar refractivity (Wildman–Crippen MR) is 123 cm³/mol. The van der Waals surface area contributed by atoms with Crippen molar-refractivity contribution >= 4 is 27.5 Å². The first-order valence-electron chi connectivity index (χ1n) is 10.4. The standard InChI is InChI=1S/C23H23N5O4S/c24-33(31,32)20-8-6-19(7-9-20)27-22(29)17-10-12-28(13-11-17)23(30)18-14-25-21(26-15-18)16-4-2-1-3-5-16/h1-9,14-15,17H,10-13H2,(H,27,29)(H2,24,31,32). The Balaban J connectivity index is 1.31. The third-order valence-electron chi connectivity index (χ3n) is 5.53. The number of primary sulfonamides is 1. The maximum Gasteiger partial charge on any atom is 0.256 e. The van der Waals surface area contributed by atoms with Gasteiger partial charge in [-0.1, -0.05) is 30.3 Å². The third-order valence-corrected chi connectivity index (χ3v) is 6.46. The number of anilines is 1. The Hall–Kier alpha value is -3.63. The number of carbonyl (C=O) groups is 2. The van der Waals surface area contributed by atoms with Crippen LogP contribution in [0.5, 0.6) is 0 Å². The van der Waals surface area contributed by atoms with E-state index in [1.165, 1.54) is 36.7 Å². The van der Waals surface area contributed by atoms with Gasteiger partial charge in [0.1, 0.15) is 0 Å². The summed E-state index contributed by atoms with van der Waals surface area (Å²) in [6.07, 6.45) is 4.11. The number of nitrogens with one attached hydrogen (secondary N) is 1. The topological polar surface area (TPSA) is 135 Å². The van der Waals surface area contributed by atoms with Crippen molar-refractivity contribution in [2.45, 2.75) is 17.7 Å². The lowest BCUT2D eigenvalue weighted by atomic mass is 9.95. The predicted octanol–water partition coefficient (Wildman–Crippen LogP) is 2.28. The number of rotatable bonds is 5. The highest BCUT2D eigenvalue weighted by molar-refractivity contribution is 7.89. The van der Waals surface area contributed by atoms with E-state index in [0.717, 1.165) is 5.56 Å². The Labute approximate surface area is 191 Å². The molecule has 1 fully saturated rings. The Morgan fingerprint density at radius 1 is 0.939 bits per heavy atom. The molecular weight excluding hydrogens is 442 g/mol. The minimum atomic E-state index is -3.78. The molecule has 10 heteroatoms. The van der Waals surface area contributed by atoms with Crippen molar-refractivity contribution in [2.75, 3.05) is 18.4 Å². The first kappa shape index (κ1) is 22.6. The van der Waals surface area contributed by atoms with Crippen LogP contribution < -0.4 is 10.5 Å². The second-order valence-corrected chi connectivity index (χ2v) is 9.35. The Bertz CT molecular complexity index is 1240. The van der Waals surface area contributed by atoms with E-state index >= 15 is 0 Å². The van der Waals surface area contributed by atoms with Crippen molar-refractivity contribution in [3.8, 4) is 11.4 Å². The molecule has 0 saturated carbocycles. The number of nitrogens with zero attached hydrogens (tertiary/aromatic N) is 3. The zero-order valence-corrected chi connectivity index (χ0v) is 18.5. The summed E-state index contributed by atoms with van der Waals surface area (Å²) in [7, 11) is -3.78. The monoisotopic (exact) mass is 465 g/mol. The van der Waals surface area contributed by atoms with E-state index in [1.54, 1.807) is 4.90 Å². The number of piperidine rings is 1. The number of likely N-dealkylation sites (tertiary alicyclic amines) is 1. The number of benzene rings is 2. The summed E-state index contributed by atoms with van der Waals surface area (Å²) in [5.74, 6) is -0.0173. The van der Waals surface area contributed by atoms with E-state index in [1.807, 2.05) is 30.3 Å². The van der Waals surface area contributed by atoms with Gasteiger partial charge in [-0.3, -0.25) is 9.59 Å². The molecule has 0 unspecified atom stereocenters. The van der Waals surface area contributed by atoms with Gasteiger partial charge in [0.2, 0.25) is 15.9 Å². The molecule has 0 aliphatic carbocycles. The summed E-state index contributed by atoms with van der Waals surface area (Å²) in [5, 5.41) is 7.87. The van der Waals surface area contributed by atoms with Gasteiger partial charge in [0.15, 0.2) is 5.82 Å². The molecule has 1 aliphatic heterocycles. The van der Waals surface area contributed by atoms with Gasteiger partial charge in [-0.25, -0.2) is 23.5 Å². The lowest BCUT2D eigenvalue weighted by Gasteiger charge is -2.31. The summed E-state index contributed by atoms with van der Waals surface area (Å²) < 4.78 is 22.7. The molecule has 2 amide bonds. The SMILES string of the molecule is NS(=O)(=O)c1ccc(NC(=O)C2CCN(C(=O)c3cnc(-c4ccccc4)nc3)CC2)cc1. The van der Waals surface area contributed by atoms with Gasteiger partial charge in [0.25, 0.3) is 5.91 Å². The first-order valence-corrected chi connectivity index (χ1v) is 12.0. The van der Waals surface area contributed by atoms with Crippen LogP contribution in [-0.4, -0.2) is 48.2 Å². The van der Waals surface area contributed by atoms with Gasteiger partial charge in [-0.15, -0.1) is 0 Å². The van der Waals surface area contributed by atoms with Gasteiger partial charge in [0, 0.05) is 42.7 Å². The molecule has 170 valence electrons. The Kier molecular flexibility index (Phi) is 6.47. The second kappa shape index (κ2) is 9.47. The number of sulfonamides is 1. The smallest absolute Gasteiger partial charge is 0.256 e. The molecule has 1 aliphatic rings. The van der Waals surface area contributed by atoms with Crippen molar-refractivity contribution in [3.63, 3.8) is 0 Å². The van der Waals surface area contributed by atoms with Crippen LogP contribution in [0.4, 0.5) is 5.69 Å². The number of amides is 2.